The number of amides is 1. The Balaban J connectivity index is 2.34. The van der Waals surface area contributed by atoms with Crippen LogP contribution in [0.5, 0.6) is 5.75 Å². The molecule has 0 aliphatic heterocycles. The lowest BCUT2D eigenvalue weighted by atomic mass is 10.2. The van der Waals surface area contributed by atoms with Crippen molar-refractivity contribution in [3.8, 4) is 11.4 Å². The van der Waals surface area contributed by atoms with Gasteiger partial charge < -0.3 is 10.5 Å². The van der Waals surface area contributed by atoms with Crippen molar-refractivity contribution in [2.24, 2.45) is 5.73 Å². The predicted octanol–water partition coefficient (Wildman–Crippen LogP) is 3.01. The minimum Gasteiger partial charge on any atom is -0.495 e. The Morgan fingerprint density at radius 3 is 2.73 bits per heavy atom. The number of nitrogens with zero attached hydrogens (tertiary/aromatic N) is 2. The minimum absolute atomic E-state index is 0.282. The average Bonchev–Trinajstić information content (AvgIpc) is 2.61. The van der Waals surface area contributed by atoms with Gasteiger partial charge in [-0.3, -0.25) is 14.2 Å². The number of rotatable bonds is 5. The van der Waals surface area contributed by atoms with Crippen molar-refractivity contribution in [2.45, 2.75) is 17.3 Å². The van der Waals surface area contributed by atoms with Crippen molar-refractivity contribution >= 4 is 40.2 Å². The maximum Gasteiger partial charge on any atom is 0.266 e. The van der Waals surface area contributed by atoms with Crippen LogP contribution in [0, 0.1) is 0 Å². The number of nitrogens with two attached hydrogens (primary N) is 1. The Kier molecular flexibility index (Phi) is 5.20. The first-order valence-electron chi connectivity index (χ1n) is 7.74. The second-order valence-electron chi connectivity index (χ2n) is 5.53. The second-order valence-corrected chi connectivity index (χ2v) is 7.28. The van der Waals surface area contributed by atoms with Crippen LogP contribution in [-0.2, 0) is 4.79 Å². The lowest BCUT2D eigenvalue weighted by Crippen LogP contribution is -2.26. The lowest BCUT2D eigenvalue weighted by Gasteiger charge is -2.17. The van der Waals surface area contributed by atoms with Crippen LogP contribution in [0.25, 0.3) is 16.6 Å². The van der Waals surface area contributed by atoms with Gasteiger partial charge in [-0.15, -0.1) is 0 Å². The van der Waals surface area contributed by atoms with Gasteiger partial charge >= 0.3 is 0 Å². The number of para-hydroxylation sites is 2. The first-order valence-corrected chi connectivity index (χ1v) is 9.00. The van der Waals surface area contributed by atoms with Gasteiger partial charge in [-0.1, -0.05) is 35.5 Å². The predicted molar refractivity (Wildman–Crippen MR) is 103 cm³/mol. The maximum absolute atomic E-state index is 13.2. The quantitative estimate of drug-likeness (QED) is 0.535. The summed E-state index contributed by atoms with van der Waals surface area (Å²) >= 11 is 7.14. The zero-order valence-corrected chi connectivity index (χ0v) is 15.7. The van der Waals surface area contributed by atoms with Gasteiger partial charge in [-0.2, -0.15) is 0 Å². The Bertz CT molecular complexity index is 1050. The number of carbonyl (C=O) groups is 1. The van der Waals surface area contributed by atoms with Crippen molar-refractivity contribution in [3.05, 3.63) is 57.8 Å². The molecule has 0 unspecified atom stereocenters. The van der Waals surface area contributed by atoms with Crippen molar-refractivity contribution < 1.29 is 9.53 Å². The number of benzene rings is 2. The van der Waals surface area contributed by atoms with E-state index in [0.717, 1.165) is 11.8 Å². The van der Waals surface area contributed by atoms with Crippen LogP contribution in [0.1, 0.15) is 6.92 Å². The number of primary amides is 1. The molecule has 6 nitrogen and oxygen atoms in total. The topological polar surface area (TPSA) is 87.2 Å². The summed E-state index contributed by atoms with van der Waals surface area (Å²) < 4.78 is 6.81. The molecule has 2 aromatic carbocycles. The molecule has 1 amide bonds. The first-order chi connectivity index (χ1) is 12.4. The lowest BCUT2D eigenvalue weighted by molar-refractivity contribution is -0.117. The Hall–Kier alpha value is -2.51. The molecular formula is C18H16ClN3O3S. The molecule has 3 rings (SSSR count). The molecule has 1 aromatic heterocycles. The minimum atomic E-state index is -0.570. The van der Waals surface area contributed by atoms with Crippen LogP contribution in [-0.4, -0.2) is 27.8 Å². The summed E-state index contributed by atoms with van der Waals surface area (Å²) in [4.78, 5) is 29.2. The first kappa shape index (κ1) is 18.3. The van der Waals surface area contributed by atoms with E-state index in [9.17, 15) is 9.59 Å². The fraction of sp³-hybridized carbons (Fsp3) is 0.167. The number of fused-ring (bicyclic) bond motifs is 1. The number of hydrogen-bond acceptors (Lipinski definition) is 5. The van der Waals surface area contributed by atoms with Crippen molar-refractivity contribution in [1.82, 2.24) is 9.55 Å². The van der Waals surface area contributed by atoms with Crippen LogP contribution < -0.4 is 16.0 Å². The van der Waals surface area contributed by atoms with Crippen LogP contribution in [0.2, 0.25) is 5.02 Å². The van der Waals surface area contributed by atoms with Gasteiger partial charge in [0.25, 0.3) is 5.56 Å². The number of carbonyl (C=O) groups excluding carboxylic acids is 1. The molecule has 8 heteroatoms. The molecule has 3 aromatic rings. The highest BCUT2D eigenvalue weighted by molar-refractivity contribution is 8.00. The van der Waals surface area contributed by atoms with Gasteiger partial charge in [-0.05, 0) is 37.3 Å². The van der Waals surface area contributed by atoms with Crippen molar-refractivity contribution in [2.75, 3.05) is 7.11 Å². The summed E-state index contributed by atoms with van der Waals surface area (Å²) in [5.74, 6) is 0.0142. The molecule has 1 atom stereocenters. The molecule has 26 heavy (non-hydrogen) atoms. The van der Waals surface area contributed by atoms with E-state index in [2.05, 4.69) is 4.98 Å². The van der Waals surface area contributed by atoms with Crippen molar-refractivity contribution in [1.29, 1.82) is 0 Å². The Labute approximate surface area is 158 Å². The number of methoxy groups -OCH3 is 1. The fourth-order valence-electron chi connectivity index (χ4n) is 2.46. The second kappa shape index (κ2) is 7.39. The molecule has 0 spiro atoms. The van der Waals surface area contributed by atoms with Gasteiger partial charge in [0.2, 0.25) is 5.91 Å². The normalized spacial score (nSPS) is 12.1. The van der Waals surface area contributed by atoms with Gasteiger partial charge in [0, 0.05) is 5.02 Å². The van der Waals surface area contributed by atoms with Crippen LogP contribution in [0.3, 0.4) is 0 Å². The molecule has 0 fully saturated rings. The molecule has 1 heterocycles. The molecule has 0 saturated carbocycles. The van der Waals surface area contributed by atoms with Crippen molar-refractivity contribution in [3.63, 3.8) is 0 Å². The van der Waals surface area contributed by atoms with E-state index in [1.165, 1.54) is 11.7 Å². The third-order valence-electron chi connectivity index (χ3n) is 3.81. The zero-order valence-electron chi connectivity index (χ0n) is 14.1. The summed E-state index contributed by atoms with van der Waals surface area (Å²) in [5, 5.41) is 0.648. The van der Waals surface area contributed by atoms with E-state index < -0.39 is 11.2 Å². The molecule has 0 radical (unpaired) electrons. The number of halogens is 1. The molecule has 134 valence electrons. The van der Waals surface area contributed by atoms with E-state index in [0.29, 0.717) is 32.5 Å². The van der Waals surface area contributed by atoms with Gasteiger partial charge in [0.1, 0.15) is 5.75 Å². The van der Waals surface area contributed by atoms with E-state index in [4.69, 9.17) is 22.1 Å². The van der Waals surface area contributed by atoms with Crippen LogP contribution in [0.4, 0.5) is 0 Å². The maximum atomic E-state index is 13.2. The third kappa shape index (κ3) is 3.40. The van der Waals surface area contributed by atoms with E-state index in [1.807, 2.05) is 0 Å². The molecule has 0 aliphatic rings. The van der Waals surface area contributed by atoms with Crippen LogP contribution >= 0.6 is 23.4 Å². The standard InChI is InChI=1S/C18H16ClN3O3S/c1-10(16(20)23)26-18-21-13-9-11(19)7-8-12(13)17(24)22(18)14-5-3-4-6-15(14)25-2/h3-10H,1-2H3,(H2,20,23)/t10-/m0/s1. The summed E-state index contributed by atoms with van der Waals surface area (Å²) in [6, 6.07) is 12.0. The van der Waals surface area contributed by atoms with E-state index >= 15 is 0 Å². The SMILES string of the molecule is COc1ccccc1-n1c(S[C@@H](C)C(N)=O)nc2cc(Cl)ccc2c1=O. The Morgan fingerprint density at radius 1 is 1.31 bits per heavy atom. The molecule has 0 bridgehead atoms. The monoisotopic (exact) mass is 389 g/mol. The molecular weight excluding hydrogens is 374 g/mol. The zero-order chi connectivity index (χ0) is 18.8. The largest absolute Gasteiger partial charge is 0.495 e. The highest BCUT2D eigenvalue weighted by Crippen LogP contribution is 2.29. The third-order valence-corrected chi connectivity index (χ3v) is 5.12. The molecule has 2 N–H and O–H groups in total. The van der Waals surface area contributed by atoms with Gasteiger partial charge in [-0.25, -0.2) is 4.98 Å². The molecule has 0 saturated heterocycles. The molecule has 0 aliphatic carbocycles. The van der Waals surface area contributed by atoms with E-state index in [-0.39, 0.29) is 5.56 Å². The van der Waals surface area contributed by atoms with Gasteiger partial charge in [0.15, 0.2) is 5.16 Å². The smallest absolute Gasteiger partial charge is 0.266 e. The number of thioether (sulfide) groups is 1. The summed E-state index contributed by atoms with van der Waals surface area (Å²) in [6.45, 7) is 1.66. The highest BCUT2D eigenvalue weighted by atomic mass is 35.5. The van der Waals surface area contributed by atoms with E-state index in [1.54, 1.807) is 49.4 Å². The van der Waals surface area contributed by atoms with Crippen LogP contribution in [0.15, 0.2) is 52.4 Å². The summed E-state index contributed by atoms with van der Waals surface area (Å²) in [6.07, 6.45) is 0. The summed E-state index contributed by atoms with van der Waals surface area (Å²) in [5.41, 5.74) is 6.08. The number of aromatic nitrogens is 2. The number of ether oxygens (including phenoxy) is 1. The average molecular weight is 390 g/mol. The Morgan fingerprint density at radius 2 is 2.04 bits per heavy atom. The van der Waals surface area contributed by atoms with Gasteiger partial charge in [0.05, 0.1) is 29.0 Å². The summed E-state index contributed by atoms with van der Waals surface area (Å²) in [7, 11) is 1.52. The number of hydrogen-bond donors (Lipinski definition) is 1. The fourth-order valence-corrected chi connectivity index (χ4v) is 3.50. The highest BCUT2D eigenvalue weighted by Gasteiger charge is 2.20.